The third-order valence-electron chi connectivity index (χ3n) is 3.10. The monoisotopic (exact) mass is 242 g/mol. The summed E-state index contributed by atoms with van der Waals surface area (Å²) in [4.78, 5) is 11.8. The first-order valence-electron chi connectivity index (χ1n) is 6.20. The molecule has 0 N–H and O–H groups in total. The molecule has 0 radical (unpaired) electrons. The van der Waals surface area contributed by atoms with Crippen molar-refractivity contribution in [1.82, 2.24) is 0 Å². The molecule has 1 saturated heterocycles. The highest BCUT2D eigenvalue weighted by Gasteiger charge is 2.53. The summed E-state index contributed by atoms with van der Waals surface area (Å²) in [5, 5.41) is 0. The Kier molecular flexibility index (Phi) is 3.09. The second kappa shape index (κ2) is 4.04. The van der Waals surface area contributed by atoms with Crippen LogP contribution in [0, 0.1) is 5.92 Å². The van der Waals surface area contributed by atoms with E-state index in [0.717, 1.165) is 0 Å². The molecule has 0 aromatic carbocycles. The van der Waals surface area contributed by atoms with Crippen molar-refractivity contribution in [3.63, 3.8) is 0 Å². The maximum Gasteiger partial charge on any atom is 0.164 e. The minimum Gasteiger partial charge on any atom is -0.375 e. The van der Waals surface area contributed by atoms with E-state index in [9.17, 15) is 4.79 Å². The molecule has 1 aliphatic carbocycles. The minimum atomic E-state index is -0.647. The summed E-state index contributed by atoms with van der Waals surface area (Å²) < 4.78 is 17.2. The van der Waals surface area contributed by atoms with Crippen LogP contribution in [-0.4, -0.2) is 36.0 Å². The molecule has 0 unspecified atom stereocenters. The van der Waals surface area contributed by atoms with Gasteiger partial charge in [0.2, 0.25) is 0 Å². The fourth-order valence-corrected chi connectivity index (χ4v) is 2.38. The first-order valence-corrected chi connectivity index (χ1v) is 6.20. The molecular weight excluding hydrogens is 220 g/mol. The van der Waals surface area contributed by atoms with Crippen molar-refractivity contribution in [3.8, 4) is 0 Å². The van der Waals surface area contributed by atoms with Crippen LogP contribution in [0.4, 0.5) is 0 Å². The Morgan fingerprint density at radius 1 is 1.35 bits per heavy atom. The minimum absolute atomic E-state index is 0.119. The van der Waals surface area contributed by atoms with Gasteiger partial charge >= 0.3 is 0 Å². The van der Waals surface area contributed by atoms with Crippen LogP contribution in [0.3, 0.4) is 0 Å². The van der Waals surface area contributed by atoms with Gasteiger partial charge in [-0.1, -0.05) is 0 Å². The highest BCUT2D eigenvalue weighted by Crippen LogP contribution is 2.40. The molecule has 4 nitrogen and oxygen atoms in total. The van der Waals surface area contributed by atoms with Crippen LogP contribution in [0.1, 0.15) is 41.0 Å². The number of ketones is 1. The van der Waals surface area contributed by atoms with Crippen LogP contribution >= 0.6 is 0 Å². The largest absolute Gasteiger partial charge is 0.375 e. The summed E-state index contributed by atoms with van der Waals surface area (Å²) in [5.41, 5.74) is -0.184. The first-order chi connectivity index (χ1) is 7.68. The van der Waals surface area contributed by atoms with Crippen molar-refractivity contribution >= 4 is 5.78 Å². The van der Waals surface area contributed by atoms with Gasteiger partial charge in [-0.05, 0) is 34.6 Å². The third-order valence-corrected chi connectivity index (χ3v) is 3.10. The summed E-state index contributed by atoms with van der Waals surface area (Å²) in [5.74, 6) is -0.387. The van der Waals surface area contributed by atoms with E-state index in [2.05, 4.69) is 0 Å². The van der Waals surface area contributed by atoms with Crippen LogP contribution in [0.2, 0.25) is 0 Å². The molecule has 3 atom stereocenters. The summed E-state index contributed by atoms with van der Waals surface area (Å²) >= 11 is 0. The van der Waals surface area contributed by atoms with E-state index < -0.39 is 11.9 Å². The van der Waals surface area contributed by atoms with E-state index >= 15 is 0 Å². The fraction of sp³-hybridized carbons (Fsp3) is 0.923. The van der Waals surface area contributed by atoms with Crippen molar-refractivity contribution in [2.24, 2.45) is 5.92 Å². The van der Waals surface area contributed by atoms with E-state index in [1.54, 1.807) is 0 Å². The van der Waals surface area contributed by atoms with E-state index in [1.165, 1.54) is 0 Å². The van der Waals surface area contributed by atoms with Crippen LogP contribution in [-0.2, 0) is 19.0 Å². The summed E-state index contributed by atoms with van der Waals surface area (Å²) in [6.45, 7) is 10.3. The van der Waals surface area contributed by atoms with E-state index in [-0.39, 0.29) is 23.4 Å². The van der Waals surface area contributed by atoms with Gasteiger partial charge in [0.15, 0.2) is 11.6 Å². The number of ether oxygens (including phenoxy) is 3. The molecule has 1 aliphatic heterocycles. The summed E-state index contributed by atoms with van der Waals surface area (Å²) in [7, 11) is 0. The van der Waals surface area contributed by atoms with Crippen LogP contribution < -0.4 is 0 Å². The van der Waals surface area contributed by atoms with E-state index in [1.807, 2.05) is 34.6 Å². The molecule has 2 fully saturated rings. The first kappa shape index (κ1) is 13.0. The smallest absolute Gasteiger partial charge is 0.164 e. The average Bonchev–Trinajstić information content (AvgIpc) is 2.58. The Morgan fingerprint density at radius 3 is 2.59 bits per heavy atom. The third kappa shape index (κ3) is 2.87. The number of rotatable bonds is 2. The molecule has 4 heteroatoms. The predicted molar refractivity (Wildman–Crippen MR) is 62.6 cm³/mol. The summed E-state index contributed by atoms with van der Waals surface area (Å²) in [6.07, 6.45) is -0.0278. The molecule has 1 heterocycles. The molecule has 98 valence electrons. The lowest BCUT2D eigenvalue weighted by molar-refractivity contribution is -0.166. The van der Waals surface area contributed by atoms with Gasteiger partial charge in [0.1, 0.15) is 6.10 Å². The molecule has 2 aliphatic rings. The Hall–Kier alpha value is -0.450. The van der Waals surface area contributed by atoms with Crippen LogP contribution in [0.25, 0.3) is 0 Å². The lowest BCUT2D eigenvalue weighted by atomic mass is 10.1. The fourth-order valence-electron chi connectivity index (χ4n) is 2.38. The van der Waals surface area contributed by atoms with Crippen molar-refractivity contribution in [2.75, 3.05) is 6.61 Å². The number of Topliss-reactive ketones (excluding diaryl/α,β-unsaturated/α-hetero) is 1. The van der Waals surface area contributed by atoms with Gasteiger partial charge in [-0.25, -0.2) is 0 Å². The van der Waals surface area contributed by atoms with Gasteiger partial charge in [-0.2, -0.15) is 0 Å². The van der Waals surface area contributed by atoms with E-state index in [4.69, 9.17) is 14.2 Å². The SMILES string of the molecule is CC(C)(C)OC[C@H]1CC(=O)[C@H]2OC(C)(C)O[C@H]12. The Bertz CT molecular complexity index is 316. The van der Waals surface area contributed by atoms with Gasteiger partial charge in [-0.15, -0.1) is 0 Å². The maximum absolute atomic E-state index is 11.8. The van der Waals surface area contributed by atoms with Crippen LogP contribution in [0.5, 0.6) is 0 Å². The number of carbonyl (C=O) groups excluding carboxylic acids is 1. The van der Waals surface area contributed by atoms with Gasteiger partial charge in [0, 0.05) is 12.3 Å². The second-order valence-electron chi connectivity index (χ2n) is 6.37. The molecule has 17 heavy (non-hydrogen) atoms. The normalized spacial score (nSPS) is 36.3. The van der Waals surface area contributed by atoms with Gasteiger partial charge < -0.3 is 14.2 Å². The standard InChI is InChI=1S/C13H22O4/c1-12(2,3)15-7-8-6-9(14)11-10(8)16-13(4,5)17-11/h8,10-11H,6-7H2,1-5H3/t8-,10-,11-/m1/s1. The predicted octanol–water partition coefficient (Wildman–Crippen LogP) is 1.91. The molecular formula is C13H22O4. The topological polar surface area (TPSA) is 44.8 Å². The van der Waals surface area contributed by atoms with Crippen LogP contribution in [0.15, 0.2) is 0 Å². The molecule has 1 saturated carbocycles. The van der Waals surface area contributed by atoms with Gasteiger partial charge in [0.25, 0.3) is 0 Å². The number of hydrogen-bond acceptors (Lipinski definition) is 4. The maximum atomic E-state index is 11.8. The quantitative estimate of drug-likeness (QED) is 0.742. The lowest BCUT2D eigenvalue weighted by Crippen LogP contribution is -2.31. The Balaban J connectivity index is 1.99. The second-order valence-corrected chi connectivity index (χ2v) is 6.37. The van der Waals surface area contributed by atoms with Crippen molar-refractivity contribution in [2.45, 2.75) is 64.6 Å². The number of hydrogen-bond donors (Lipinski definition) is 0. The zero-order valence-electron chi connectivity index (χ0n) is 11.3. The summed E-state index contributed by atoms with van der Waals surface area (Å²) in [6, 6.07) is 0. The Morgan fingerprint density at radius 2 is 2.00 bits per heavy atom. The molecule has 0 bridgehead atoms. The van der Waals surface area contributed by atoms with E-state index in [0.29, 0.717) is 13.0 Å². The molecule has 0 aromatic rings. The lowest BCUT2D eigenvalue weighted by Gasteiger charge is -2.25. The van der Waals surface area contributed by atoms with Crippen molar-refractivity contribution < 1.29 is 19.0 Å². The molecule has 0 aromatic heterocycles. The highest BCUT2D eigenvalue weighted by molar-refractivity contribution is 5.86. The number of carbonyl (C=O) groups is 1. The zero-order valence-corrected chi connectivity index (χ0v) is 11.3. The number of fused-ring (bicyclic) bond motifs is 1. The van der Waals surface area contributed by atoms with Gasteiger partial charge in [-0.3, -0.25) is 4.79 Å². The van der Waals surface area contributed by atoms with Crippen molar-refractivity contribution in [1.29, 1.82) is 0 Å². The molecule has 2 rings (SSSR count). The highest BCUT2D eigenvalue weighted by atomic mass is 16.8. The molecule has 0 amide bonds. The average molecular weight is 242 g/mol. The Labute approximate surface area is 103 Å². The molecule has 0 spiro atoms. The van der Waals surface area contributed by atoms with Gasteiger partial charge in [0.05, 0.1) is 18.3 Å². The van der Waals surface area contributed by atoms with Crippen molar-refractivity contribution in [3.05, 3.63) is 0 Å². The zero-order chi connectivity index (χ0) is 12.8.